The summed E-state index contributed by atoms with van der Waals surface area (Å²) in [5.74, 6) is 0. The number of aromatic nitrogens is 2. The van der Waals surface area contributed by atoms with Crippen molar-refractivity contribution in [3.05, 3.63) is 53.9 Å². The molecule has 1 aromatic carbocycles. The summed E-state index contributed by atoms with van der Waals surface area (Å²) < 4.78 is 1.23. The molecule has 3 rings (SSSR count). The molecular weight excluding hydrogens is 242 g/mol. The number of benzene rings is 1. The van der Waals surface area contributed by atoms with Crippen LogP contribution in [-0.2, 0) is 6.54 Å². The minimum Gasteiger partial charge on any atom is -0.357 e. The van der Waals surface area contributed by atoms with E-state index in [0.29, 0.717) is 0 Å². The predicted molar refractivity (Wildman–Crippen MR) is 75.9 cm³/mol. The standard InChI is InChI=1S/C14H13N3S/c1-10-3-2-4-12-13(10)17-14(18-12)16-9-11-5-7-15-8-6-11/h2-8H,9H2,1H3,(H,16,17). The fourth-order valence-corrected chi connectivity index (χ4v) is 2.78. The van der Waals surface area contributed by atoms with E-state index in [0.717, 1.165) is 17.2 Å². The van der Waals surface area contributed by atoms with Gasteiger partial charge in [0.25, 0.3) is 0 Å². The number of thiazole rings is 1. The number of anilines is 1. The molecule has 0 unspecified atom stereocenters. The van der Waals surface area contributed by atoms with E-state index in [1.165, 1.54) is 15.8 Å². The molecule has 0 saturated carbocycles. The molecule has 0 radical (unpaired) electrons. The highest BCUT2D eigenvalue weighted by molar-refractivity contribution is 7.22. The first kappa shape index (κ1) is 11.2. The molecule has 18 heavy (non-hydrogen) atoms. The van der Waals surface area contributed by atoms with Gasteiger partial charge in [-0.25, -0.2) is 4.98 Å². The summed E-state index contributed by atoms with van der Waals surface area (Å²) >= 11 is 1.69. The molecule has 3 aromatic rings. The minimum absolute atomic E-state index is 0.779. The van der Waals surface area contributed by atoms with Crippen molar-refractivity contribution < 1.29 is 0 Å². The molecule has 0 bridgehead atoms. The summed E-state index contributed by atoms with van der Waals surface area (Å²) in [5.41, 5.74) is 3.53. The van der Waals surface area contributed by atoms with Crippen LogP contribution < -0.4 is 5.32 Å². The van der Waals surface area contributed by atoms with Crippen LogP contribution in [0.25, 0.3) is 10.2 Å². The van der Waals surface area contributed by atoms with E-state index in [1.807, 2.05) is 12.1 Å². The largest absolute Gasteiger partial charge is 0.357 e. The molecule has 0 aliphatic heterocycles. The van der Waals surface area contributed by atoms with Crippen molar-refractivity contribution in [2.45, 2.75) is 13.5 Å². The van der Waals surface area contributed by atoms with E-state index in [2.05, 4.69) is 40.4 Å². The summed E-state index contributed by atoms with van der Waals surface area (Å²) in [7, 11) is 0. The van der Waals surface area contributed by atoms with Gasteiger partial charge in [-0.3, -0.25) is 4.98 Å². The van der Waals surface area contributed by atoms with Gasteiger partial charge >= 0.3 is 0 Å². The number of para-hydroxylation sites is 1. The van der Waals surface area contributed by atoms with Gasteiger partial charge in [-0.05, 0) is 36.2 Å². The number of nitrogens with zero attached hydrogens (tertiary/aromatic N) is 2. The molecule has 1 N–H and O–H groups in total. The van der Waals surface area contributed by atoms with Crippen LogP contribution in [0.5, 0.6) is 0 Å². The zero-order valence-corrected chi connectivity index (χ0v) is 10.9. The summed E-state index contributed by atoms with van der Waals surface area (Å²) in [5, 5.41) is 4.33. The van der Waals surface area contributed by atoms with Gasteiger partial charge in [-0.1, -0.05) is 23.5 Å². The van der Waals surface area contributed by atoms with Crippen LogP contribution in [-0.4, -0.2) is 9.97 Å². The Morgan fingerprint density at radius 1 is 1.17 bits per heavy atom. The molecule has 0 aliphatic rings. The van der Waals surface area contributed by atoms with E-state index in [9.17, 15) is 0 Å². The molecule has 0 saturated heterocycles. The van der Waals surface area contributed by atoms with Crippen molar-refractivity contribution in [3.63, 3.8) is 0 Å². The van der Waals surface area contributed by atoms with Crippen LogP contribution in [0.2, 0.25) is 0 Å². The first-order chi connectivity index (χ1) is 8.83. The zero-order chi connectivity index (χ0) is 12.4. The molecule has 0 spiro atoms. The number of aryl methyl sites for hydroxylation is 1. The van der Waals surface area contributed by atoms with Crippen LogP contribution in [0, 0.1) is 6.92 Å². The Balaban J connectivity index is 1.81. The summed E-state index contributed by atoms with van der Waals surface area (Å²) in [4.78, 5) is 8.63. The van der Waals surface area contributed by atoms with Gasteiger partial charge in [0, 0.05) is 18.9 Å². The first-order valence-corrected chi connectivity index (χ1v) is 6.63. The van der Waals surface area contributed by atoms with Crippen molar-refractivity contribution in [2.75, 3.05) is 5.32 Å². The Bertz CT molecular complexity index is 661. The van der Waals surface area contributed by atoms with Gasteiger partial charge in [0.05, 0.1) is 10.2 Å². The minimum atomic E-state index is 0.779. The first-order valence-electron chi connectivity index (χ1n) is 5.82. The highest BCUT2D eigenvalue weighted by Crippen LogP contribution is 2.28. The lowest BCUT2D eigenvalue weighted by atomic mass is 10.2. The topological polar surface area (TPSA) is 37.8 Å². The van der Waals surface area contributed by atoms with E-state index in [1.54, 1.807) is 23.7 Å². The molecule has 2 heterocycles. The maximum atomic E-state index is 4.62. The number of pyridine rings is 1. The van der Waals surface area contributed by atoms with Gasteiger partial charge in [-0.2, -0.15) is 0 Å². The Morgan fingerprint density at radius 3 is 2.78 bits per heavy atom. The van der Waals surface area contributed by atoms with Crippen molar-refractivity contribution in [3.8, 4) is 0 Å². The summed E-state index contributed by atoms with van der Waals surface area (Å²) in [6, 6.07) is 10.3. The third kappa shape index (κ3) is 2.19. The normalized spacial score (nSPS) is 10.7. The van der Waals surface area contributed by atoms with E-state index in [-0.39, 0.29) is 0 Å². The predicted octanol–water partition coefficient (Wildman–Crippen LogP) is 3.61. The average molecular weight is 255 g/mol. The second-order valence-corrected chi connectivity index (χ2v) is 5.18. The van der Waals surface area contributed by atoms with Crippen molar-refractivity contribution >= 4 is 26.7 Å². The van der Waals surface area contributed by atoms with Gasteiger partial charge in [0.15, 0.2) is 5.13 Å². The quantitative estimate of drug-likeness (QED) is 0.777. The molecule has 4 heteroatoms. The maximum absolute atomic E-state index is 4.62. The molecule has 2 aromatic heterocycles. The van der Waals surface area contributed by atoms with E-state index in [4.69, 9.17) is 0 Å². The zero-order valence-electron chi connectivity index (χ0n) is 10.1. The molecule has 0 atom stereocenters. The second-order valence-electron chi connectivity index (χ2n) is 4.15. The van der Waals surface area contributed by atoms with Crippen LogP contribution >= 0.6 is 11.3 Å². The van der Waals surface area contributed by atoms with Crippen LogP contribution in [0.3, 0.4) is 0 Å². The molecule has 0 aliphatic carbocycles. The Kier molecular flexibility index (Phi) is 2.94. The third-order valence-corrected chi connectivity index (χ3v) is 3.79. The third-order valence-electron chi connectivity index (χ3n) is 2.81. The Labute approximate surface area is 110 Å². The van der Waals surface area contributed by atoms with Crippen LogP contribution in [0.4, 0.5) is 5.13 Å². The highest BCUT2D eigenvalue weighted by Gasteiger charge is 2.04. The van der Waals surface area contributed by atoms with E-state index < -0.39 is 0 Å². The fourth-order valence-electron chi connectivity index (χ4n) is 1.84. The van der Waals surface area contributed by atoms with Crippen molar-refractivity contribution in [1.82, 2.24) is 9.97 Å². The molecule has 3 nitrogen and oxygen atoms in total. The Hall–Kier alpha value is -1.94. The molecule has 90 valence electrons. The maximum Gasteiger partial charge on any atom is 0.184 e. The molecule has 0 amide bonds. The lowest BCUT2D eigenvalue weighted by Crippen LogP contribution is -1.98. The molecule has 0 fully saturated rings. The lowest BCUT2D eigenvalue weighted by molar-refractivity contribution is 1.12. The monoisotopic (exact) mass is 255 g/mol. The number of hydrogen-bond acceptors (Lipinski definition) is 4. The van der Waals surface area contributed by atoms with Crippen molar-refractivity contribution in [2.24, 2.45) is 0 Å². The van der Waals surface area contributed by atoms with E-state index >= 15 is 0 Å². The smallest absolute Gasteiger partial charge is 0.184 e. The second kappa shape index (κ2) is 4.74. The van der Waals surface area contributed by atoms with Gasteiger partial charge in [0.1, 0.15) is 0 Å². The molecular formula is C14H13N3S. The van der Waals surface area contributed by atoms with Gasteiger partial charge in [0.2, 0.25) is 0 Å². The lowest BCUT2D eigenvalue weighted by Gasteiger charge is -2.01. The Morgan fingerprint density at radius 2 is 2.00 bits per heavy atom. The van der Waals surface area contributed by atoms with Crippen molar-refractivity contribution in [1.29, 1.82) is 0 Å². The van der Waals surface area contributed by atoms with Gasteiger partial charge in [-0.15, -0.1) is 0 Å². The van der Waals surface area contributed by atoms with Crippen LogP contribution in [0.15, 0.2) is 42.7 Å². The highest BCUT2D eigenvalue weighted by atomic mass is 32.1. The summed E-state index contributed by atoms with van der Waals surface area (Å²) in [6.07, 6.45) is 3.61. The SMILES string of the molecule is Cc1cccc2sc(NCc3ccncc3)nc12. The average Bonchev–Trinajstić information content (AvgIpc) is 2.82. The number of hydrogen-bond donors (Lipinski definition) is 1. The number of rotatable bonds is 3. The number of fused-ring (bicyclic) bond motifs is 1. The summed E-state index contributed by atoms with van der Waals surface area (Å²) in [6.45, 7) is 2.87. The fraction of sp³-hybridized carbons (Fsp3) is 0.143. The van der Waals surface area contributed by atoms with Gasteiger partial charge < -0.3 is 5.32 Å². The number of nitrogens with one attached hydrogen (secondary N) is 1. The van der Waals surface area contributed by atoms with Crippen LogP contribution in [0.1, 0.15) is 11.1 Å².